The van der Waals surface area contributed by atoms with Crippen molar-refractivity contribution >= 4 is 34.5 Å². The fourth-order valence-corrected chi connectivity index (χ4v) is 3.43. The van der Waals surface area contributed by atoms with E-state index in [1.165, 1.54) is 11.4 Å². The van der Waals surface area contributed by atoms with E-state index in [0.29, 0.717) is 16.3 Å². The molecule has 3 nitrogen and oxygen atoms in total. The van der Waals surface area contributed by atoms with Gasteiger partial charge in [0.15, 0.2) is 23.3 Å². The summed E-state index contributed by atoms with van der Waals surface area (Å²) in [5.74, 6) is -10.8. The van der Waals surface area contributed by atoms with E-state index in [-0.39, 0.29) is 11.5 Å². The molecule has 0 bridgehead atoms. The summed E-state index contributed by atoms with van der Waals surface area (Å²) in [5.41, 5.74) is -3.92. The largest absolute Gasteiger partial charge is 0.489 e. The quantitative estimate of drug-likeness (QED) is 0.320. The molecule has 0 aliphatic rings. The molecule has 31 heavy (non-hydrogen) atoms. The summed E-state index contributed by atoms with van der Waals surface area (Å²) in [6.07, 6.45) is -5.68. The van der Waals surface area contributed by atoms with Gasteiger partial charge in [0.05, 0.1) is 4.88 Å². The van der Waals surface area contributed by atoms with Crippen molar-refractivity contribution in [2.75, 3.05) is 5.32 Å². The van der Waals surface area contributed by atoms with Crippen LogP contribution in [0.1, 0.15) is 20.8 Å². The molecule has 0 fully saturated rings. The second-order valence-electron chi connectivity index (χ2n) is 6.02. The Morgan fingerprint density at radius 1 is 1.03 bits per heavy atom. The van der Waals surface area contributed by atoms with E-state index in [4.69, 9.17) is 16.3 Å². The third-order valence-electron chi connectivity index (χ3n) is 3.86. The van der Waals surface area contributed by atoms with E-state index >= 15 is 0 Å². The molecule has 0 aliphatic heterocycles. The minimum absolute atomic E-state index is 0.00359. The van der Waals surface area contributed by atoms with Gasteiger partial charge in [-0.05, 0) is 29.6 Å². The number of halogens is 8. The fraction of sp³-hybridized carbons (Fsp3) is 0.105. The van der Waals surface area contributed by atoms with Gasteiger partial charge in [-0.15, -0.1) is 11.3 Å². The van der Waals surface area contributed by atoms with Crippen LogP contribution in [0.15, 0.2) is 35.7 Å². The van der Waals surface area contributed by atoms with Gasteiger partial charge in [0.2, 0.25) is 0 Å². The Morgan fingerprint density at radius 2 is 1.68 bits per heavy atom. The molecule has 2 aromatic carbocycles. The maximum Gasteiger partial charge on any atom is 0.422 e. The summed E-state index contributed by atoms with van der Waals surface area (Å²) in [6, 6.07) is 7.73. The minimum atomic E-state index is -5.68. The zero-order chi connectivity index (χ0) is 22.9. The normalized spacial score (nSPS) is 11.5. The maximum atomic E-state index is 13.9. The van der Waals surface area contributed by atoms with Crippen LogP contribution in [0.3, 0.4) is 0 Å². The van der Waals surface area contributed by atoms with Crippen LogP contribution in [-0.2, 0) is 12.8 Å². The lowest BCUT2D eigenvalue weighted by atomic mass is 10.1. The second kappa shape index (κ2) is 8.75. The molecule has 1 amide bonds. The van der Waals surface area contributed by atoms with Gasteiger partial charge in [0.1, 0.15) is 23.6 Å². The zero-order valence-electron chi connectivity index (χ0n) is 14.9. The summed E-state index contributed by atoms with van der Waals surface area (Å²) in [6.45, 7) is -0.00359. The number of nitrogens with one attached hydrogen (secondary N) is 1. The van der Waals surface area contributed by atoms with E-state index in [1.807, 2.05) is 0 Å². The van der Waals surface area contributed by atoms with E-state index in [1.54, 1.807) is 29.6 Å². The Kier molecular flexibility index (Phi) is 6.46. The van der Waals surface area contributed by atoms with Gasteiger partial charge >= 0.3 is 6.18 Å². The summed E-state index contributed by atoms with van der Waals surface area (Å²) < 4.78 is 98.6. The Morgan fingerprint density at radius 3 is 2.26 bits per heavy atom. The molecule has 12 heteroatoms. The zero-order valence-corrected chi connectivity index (χ0v) is 16.5. The molecular formula is C19H9ClF7NO2S. The first kappa shape index (κ1) is 22.9. The lowest BCUT2D eigenvalue weighted by Crippen LogP contribution is -2.19. The highest BCUT2D eigenvalue weighted by atomic mass is 35.5. The number of thiophene rings is 1. The third kappa shape index (κ3) is 4.93. The highest BCUT2D eigenvalue weighted by molar-refractivity contribution is 7.12. The summed E-state index contributed by atoms with van der Waals surface area (Å²) >= 11 is 6.64. The number of ether oxygens (including phenoxy) is 1. The predicted octanol–water partition coefficient (Wildman–Crippen LogP) is 6.81. The van der Waals surface area contributed by atoms with Crippen LogP contribution in [-0.4, -0.2) is 5.91 Å². The average Bonchev–Trinajstić information content (AvgIpc) is 3.16. The van der Waals surface area contributed by atoms with Gasteiger partial charge in [0, 0.05) is 10.6 Å². The van der Waals surface area contributed by atoms with Crippen molar-refractivity contribution in [2.45, 2.75) is 12.8 Å². The lowest BCUT2D eigenvalue weighted by molar-refractivity contribution is -0.143. The van der Waals surface area contributed by atoms with E-state index in [0.717, 1.165) is 11.3 Å². The van der Waals surface area contributed by atoms with E-state index in [2.05, 4.69) is 0 Å². The molecule has 164 valence electrons. The average molecular weight is 484 g/mol. The first-order valence-electron chi connectivity index (χ1n) is 8.19. The Bertz CT molecular complexity index is 1120. The van der Waals surface area contributed by atoms with Crippen molar-refractivity contribution in [3.63, 3.8) is 0 Å². The van der Waals surface area contributed by atoms with Crippen molar-refractivity contribution in [2.24, 2.45) is 0 Å². The standard InChI is InChI=1S/C19H9ClF7NO2S/c20-9-2-1-3-10(5-9)30-6-8-4-11(31-7-8)18(29)28-17-15(23)13(21)12(19(25,26)27)14(22)16(17)24/h1-5,7H,6H2,(H,28,29). The van der Waals surface area contributed by atoms with Crippen LogP contribution in [0.5, 0.6) is 5.75 Å². The van der Waals surface area contributed by atoms with Crippen molar-refractivity contribution < 1.29 is 40.3 Å². The Hall–Kier alpha value is -2.79. The highest BCUT2D eigenvalue weighted by Crippen LogP contribution is 2.38. The molecular weight excluding hydrogens is 475 g/mol. The molecule has 3 rings (SSSR count). The Labute approximate surface area is 179 Å². The van der Waals surface area contributed by atoms with Gasteiger partial charge in [0.25, 0.3) is 5.91 Å². The van der Waals surface area contributed by atoms with Crippen molar-refractivity contribution in [1.82, 2.24) is 0 Å². The second-order valence-corrected chi connectivity index (χ2v) is 7.37. The molecule has 0 unspecified atom stereocenters. The molecule has 1 aromatic heterocycles. The third-order valence-corrected chi connectivity index (χ3v) is 5.08. The van der Waals surface area contributed by atoms with Crippen LogP contribution in [0, 0.1) is 23.3 Å². The van der Waals surface area contributed by atoms with Crippen LogP contribution >= 0.6 is 22.9 Å². The van der Waals surface area contributed by atoms with Gasteiger partial charge < -0.3 is 10.1 Å². The monoisotopic (exact) mass is 483 g/mol. The molecule has 0 saturated carbocycles. The van der Waals surface area contributed by atoms with Crippen molar-refractivity contribution in [3.8, 4) is 5.75 Å². The van der Waals surface area contributed by atoms with E-state index < -0.39 is 46.6 Å². The molecule has 0 atom stereocenters. The van der Waals surface area contributed by atoms with Crippen LogP contribution < -0.4 is 10.1 Å². The number of alkyl halides is 3. The predicted molar refractivity (Wildman–Crippen MR) is 99.3 cm³/mol. The molecule has 3 aromatic rings. The fourth-order valence-electron chi connectivity index (χ4n) is 2.46. The number of amides is 1. The van der Waals surface area contributed by atoms with Crippen LogP contribution in [0.25, 0.3) is 0 Å². The molecule has 0 radical (unpaired) electrons. The molecule has 1 N–H and O–H groups in total. The van der Waals surface area contributed by atoms with Gasteiger partial charge in [-0.1, -0.05) is 17.7 Å². The van der Waals surface area contributed by atoms with Crippen LogP contribution in [0.2, 0.25) is 5.02 Å². The smallest absolute Gasteiger partial charge is 0.422 e. The van der Waals surface area contributed by atoms with Gasteiger partial charge in [-0.25, -0.2) is 17.6 Å². The van der Waals surface area contributed by atoms with Crippen LogP contribution in [0.4, 0.5) is 36.4 Å². The molecule has 0 spiro atoms. The lowest BCUT2D eigenvalue weighted by Gasteiger charge is -2.14. The number of benzene rings is 2. The van der Waals surface area contributed by atoms with Crippen molar-refractivity contribution in [3.05, 3.63) is 80.0 Å². The van der Waals surface area contributed by atoms with E-state index in [9.17, 15) is 35.5 Å². The minimum Gasteiger partial charge on any atom is -0.489 e. The number of hydrogen-bond acceptors (Lipinski definition) is 3. The summed E-state index contributed by atoms with van der Waals surface area (Å²) in [4.78, 5) is 12.1. The Balaban J connectivity index is 1.78. The summed E-state index contributed by atoms with van der Waals surface area (Å²) in [7, 11) is 0. The summed E-state index contributed by atoms with van der Waals surface area (Å²) in [5, 5.41) is 3.47. The van der Waals surface area contributed by atoms with Gasteiger partial charge in [-0.3, -0.25) is 4.79 Å². The first-order chi connectivity index (χ1) is 14.5. The van der Waals surface area contributed by atoms with Gasteiger partial charge in [-0.2, -0.15) is 13.2 Å². The molecule has 1 heterocycles. The molecule has 0 saturated heterocycles. The maximum absolute atomic E-state index is 13.9. The SMILES string of the molecule is O=C(Nc1c(F)c(F)c(C(F)(F)F)c(F)c1F)c1cc(COc2cccc(Cl)c2)cs1. The number of anilines is 1. The van der Waals surface area contributed by atoms with Crippen molar-refractivity contribution in [1.29, 1.82) is 0 Å². The molecule has 0 aliphatic carbocycles. The number of rotatable bonds is 5. The number of carbonyl (C=O) groups is 1. The first-order valence-corrected chi connectivity index (χ1v) is 9.45. The highest BCUT2D eigenvalue weighted by Gasteiger charge is 2.42. The number of carbonyl (C=O) groups excluding carboxylic acids is 1. The topological polar surface area (TPSA) is 38.3 Å². The number of hydrogen-bond donors (Lipinski definition) is 1.